The molecule has 36 heavy (non-hydrogen) atoms. The molecule has 10 heteroatoms. The SMILES string of the molecule is CC(C)(C)[Si](C)(C)O[C@H]1C[C@H](n2cnc3c(=O)[nH]c(N)nc32)C[C@]12CCC[C@H]2O[Si](C)(C)C(C)(C)C. The summed E-state index contributed by atoms with van der Waals surface area (Å²) in [6.07, 6.45) is 7.16. The highest BCUT2D eigenvalue weighted by Crippen LogP contribution is 2.59. The fraction of sp³-hybridized carbons (Fsp3) is 0.808. The molecule has 2 saturated carbocycles. The number of hydrogen-bond donors (Lipinski definition) is 2. The van der Waals surface area contributed by atoms with Gasteiger partial charge >= 0.3 is 0 Å². The molecule has 2 aromatic rings. The summed E-state index contributed by atoms with van der Waals surface area (Å²) in [5, 5.41) is 0.263. The van der Waals surface area contributed by atoms with Crippen molar-refractivity contribution in [2.45, 2.75) is 128 Å². The van der Waals surface area contributed by atoms with Crippen LogP contribution in [0.15, 0.2) is 11.1 Å². The van der Waals surface area contributed by atoms with E-state index in [4.69, 9.17) is 14.6 Å². The summed E-state index contributed by atoms with van der Waals surface area (Å²) in [5.41, 5.74) is 6.47. The van der Waals surface area contributed by atoms with E-state index in [9.17, 15) is 4.79 Å². The summed E-state index contributed by atoms with van der Waals surface area (Å²) in [7, 11) is -4.01. The van der Waals surface area contributed by atoms with E-state index < -0.39 is 16.6 Å². The van der Waals surface area contributed by atoms with Crippen molar-refractivity contribution in [3.63, 3.8) is 0 Å². The molecule has 2 aromatic heterocycles. The Labute approximate surface area is 218 Å². The molecule has 0 aromatic carbocycles. The quantitative estimate of drug-likeness (QED) is 0.457. The van der Waals surface area contributed by atoms with E-state index in [1.54, 1.807) is 6.33 Å². The lowest BCUT2D eigenvalue weighted by molar-refractivity contribution is -0.0175. The number of aromatic amines is 1. The molecule has 8 nitrogen and oxygen atoms in total. The topological polar surface area (TPSA) is 108 Å². The van der Waals surface area contributed by atoms with Crippen molar-refractivity contribution in [2.75, 3.05) is 5.73 Å². The standard InChI is InChI=1S/C26H47N5O3Si2/c1-24(2,3)35(7,8)33-18-12-11-13-26(18)15-17(14-19(26)34-36(9,10)25(4,5)6)31-16-28-20-21(31)29-23(27)30-22(20)32/h16-19H,11-15H2,1-10H3,(H3,27,29,30,32)/t17-,18+,19-,26-/m0/s1. The number of nitrogens with one attached hydrogen (secondary N) is 1. The monoisotopic (exact) mass is 533 g/mol. The van der Waals surface area contributed by atoms with Gasteiger partial charge in [0.2, 0.25) is 5.95 Å². The normalized spacial score (nSPS) is 28.0. The van der Waals surface area contributed by atoms with Gasteiger partial charge in [-0.15, -0.1) is 0 Å². The second-order valence-corrected chi connectivity index (χ2v) is 23.7. The zero-order valence-corrected chi connectivity index (χ0v) is 26.0. The van der Waals surface area contributed by atoms with Gasteiger partial charge in [0.05, 0.1) is 18.5 Å². The van der Waals surface area contributed by atoms with Crippen molar-refractivity contribution in [2.24, 2.45) is 5.41 Å². The van der Waals surface area contributed by atoms with Crippen molar-refractivity contribution in [3.8, 4) is 0 Å². The minimum absolute atomic E-state index is 0.0565. The van der Waals surface area contributed by atoms with Crippen LogP contribution in [-0.2, 0) is 8.85 Å². The Balaban J connectivity index is 1.76. The van der Waals surface area contributed by atoms with Gasteiger partial charge in [-0.05, 0) is 61.9 Å². The summed E-state index contributed by atoms with van der Waals surface area (Å²) < 4.78 is 16.5. The maximum absolute atomic E-state index is 12.5. The average Bonchev–Trinajstić information content (AvgIpc) is 3.38. The number of H-pyrrole nitrogens is 1. The zero-order chi connectivity index (χ0) is 26.9. The van der Waals surface area contributed by atoms with E-state index in [0.29, 0.717) is 11.2 Å². The number of aromatic nitrogens is 4. The first-order valence-corrected chi connectivity index (χ1v) is 19.3. The van der Waals surface area contributed by atoms with Crippen LogP contribution in [0.25, 0.3) is 11.2 Å². The molecular weight excluding hydrogens is 486 g/mol. The Morgan fingerprint density at radius 1 is 1.06 bits per heavy atom. The minimum Gasteiger partial charge on any atom is -0.413 e. The lowest BCUT2D eigenvalue weighted by Crippen LogP contribution is -2.53. The largest absolute Gasteiger partial charge is 0.413 e. The number of anilines is 1. The first-order valence-electron chi connectivity index (χ1n) is 13.5. The third-order valence-electron chi connectivity index (χ3n) is 9.82. The number of fused-ring (bicyclic) bond motifs is 1. The maximum Gasteiger partial charge on any atom is 0.280 e. The molecule has 0 amide bonds. The maximum atomic E-state index is 12.5. The summed E-state index contributed by atoms with van der Waals surface area (Å²) >= 11 is 0. The van der Waals surface area contributed by atoms with Gasteiger partial charge in [-0.25, -0.2) is 4.98 Å². The van der Waals surface area contributed by atoms with Gasteiger partial charge in [-0.3, -0.25) is 9.78 Å². The Bertz CT molecular complexity index is 1180. The predicted octanol–water partition coefficient (Wildman–Crippen LogP) is 5.99. The molecule has 4 rings (SSSR count). The Hall–Kier alpha value is -1.50. The highest BCUT2D eigenvalue weighted by Gasteiger charge is 2.59. The van der Waals surface area contributed by atoms with Crippen LogP contribution in [0.3, 0.4) is 0 Å². The molecule has 2 aliphatic carbocycles. The fourth-order valence-electron chi connectivity index (χ4n) is 5.63. The lowest BCUT2D eigenvalue weighted by Gasteiger charge is -2.47. The van der Waals surface area contributed by atoms with Crippen molar-refractivity contribution in [1.29, 1.82) is 0 Å². The second kappa shape index (κ2) is 8.78. The average molecular weight is 534 g/mol. The number of rotatable bonds is 5. The van der Waals surface area contributed by atoms with E-state index in [0.717, 1.165) is 32.1 Å². The van der Waals surface area contributed by atoms with Crippen LogP contribution < -0.4 is 11.3 Å². The van der Waals surface area contributed by atoms with E-state index in [1.165, 1.54) is 0 Å². The van der Waals surface area contributed by atoms with Crippen LogP contribution >= 0.6 is 0 Å². The molecule has 1 spiro atoms. The van der Waals surface area contributed by atoms with Gasteiger partial charge in [-0.2, -0.15) is 4.98 Å². The summed E-state index contributed by atoms with van der Waals surface area (Å²) in [6, 6.07) is 0.127. The van der Waals surface area contributed by atoms with Crippen LogP contribution in [0.5, 0.6) is 0 Å². The van der Waals surface area contributed by atoms with Crippen molar-refractivity contribution in [1.82, 2.24) is 19.5 Å². The van der Waals surface area contributed by atoms with Crippen molar-refractivity contribution in [3.05, 3.63) is 16.7 Å². The Kier molecular flexibility index (Phi) is 6.71. The molecular formula is C26H47N5O3Si2. The van der Waals surface area contributed by atoms with Gasteiger partial charge in [0.1, 0.15) is 0 Å². The number of nitrogens with two attached hydrogens (primary N) is 1. The van der Waals surface area contributed by atoms with Gasteiger partial charge in [0.25, 0.3) is 5.56 Å². The van der Waals surface area contributed by atoms with Crippen molar-refractivity contribution < 1.29 is 8.85 Å². The van der Waals surface area contributed by atoms with E-state index in [1.807, 2.05) is 0 Å². The number of hydrogen-bond acceptors (Lipinski definition) is 6. The number of nitrogen functional groups attached to an aromatic ring is 1. The molecule has 3 N–H and O–H groups in total. The summed E-state index contributed by atoms with van der Waals surface area (Å²) in [6.45, 7) is 23.3. The third-order valence-corrected chi connectivity index (χ3v) is 18.8. The van der Waals surface area contributed by atoms with E-state index in [2.05, 4.69) is 87.2 Å². The van der Waals surface area contributed by atoms with Gasteiger partial charge < -0.3 is 19.2 Å². The number of nitrogens with zero attached hydrogens (tertiary/aromatic N) is 3. The molecule has 0 bridgehead atoms. The second-order valence-electron chi connectivity index (χ2n) is 14.2. The molecule has 2 heterocycles. The molecule has 0 saturated heterocycles. The van der Waals surface area contributed by atoms with E-state index in [-0.39, 0.29) is 45.2 Å². The van der Waals surface area contributed by atoms with Crippen LogP contribution in [0.1, 0.15) is 79.7 Å². The Morgan fingerprint density at radius 2 is 1.64 bits per heavy atom. The highest BCUT2D eigenvalue weighted by molar-refractivity contribution is 6.74. The lowest BCUT2D eigenvalue weighted by atomic mass is 9.80. The molecule has 0 unspecified atom stereocenters. The van der Waals surface area contributed by atoms with Crippen LogP contribution in [-0.4, -0.2) is 48.4 Å². The van der Waals surface area contributed by atoms with Crippen LogP contribution in [0, 0.1) is 5.41 Å². The first-order chi connectivity index (χ1) is 16.4. The summed E-state index contributed by atoms with van der Waals surface area (Å²) in [4.78, 5) is 23.9. The van der Waals surface area contributed by atoms with Gasteiger partial charge in [0.15, 0.2) is 27.8 Å². The van der Waals surface area contributed by atoms with E-state index >= 15 is 0 Å². The molecule has 2 aliphatic rings. The third kappa shape index (κ3) is 4.63. The first kappa shape index (κ1) is 27.5. The highest BCUT2D eigenvalue weighted by atomic mass is 28.4. The summed E-state index contributed by atoms with van der Waals surface area (Å²) in [5.74, 6) is 0.121. The predicted molar refractivity (Wildman–Crippen MR) is 151 cm³/mol. The van der Waals surface area contributed by atoms with Gasteiger partial charge in [0, 0.05) is 11.5 Å². The zero-order valence-electron chi connectivity index (χ0n) is 24.0. The van der Waals surface area contributed by atoms with Crippen molar-refractivity contribution >= 4 is 33.7 Å². The van der Waals surface area contributed by atoms with Crippen LogP contribution in [0.4, 0.5) is 5.95 Å². The molecule has 202 valence electrons. The van der Waals surface area contributed by atoms with Crippen LogP contribution in [0.2, 0.25) is 36.3 Å². The Morgan fingerprint density at radius 3 is 2.22 bits per heavy atom. The number of imidazole rings is 1. The van der Waals surface area contributed by atoms with Gasteiger partial charge in [-0.1, -0.05) is 48.0 Å². The molecule has 2 fully saturated rings. The minimum atomic E-state index is -2.03. The fourth-order valence-corrected chi connectivity index (χ4v) is 8.44. The molecule has 0 radical (unpaired) electrons. The molecule has 0 aliphatic heterocycles. The smallest absolute Gasteiger partial charge is 0.280 e. The molecule has 4 atom stereocenters.